The minimum Gasteiger partial charge on any atom is -0.507 e. The van der Waals surface area contributed by atoms with Crippen LogP contribution in [0.1, 0.15) is 29.7 Å². The van der Waals surface area contributed by atoms with Gasteiger partial charge in [-0.3, -0.25) is 14.5 Å². The van der Waals surface area contributed by atoms with Crippen LogP contribution in [0.25, 0.3) is 5.76 Å². The minimum absolute atomic E-state index is 0.251. The Morgan fingerprint density at radius 2 is 1.53 bits per heavy atom. The Hall–Kier alpha value is -3.87. The van der Waals surface area contributed by atoms with Crippen LogP contribution in [0.5, 0.6) is 0 Å². The molecule has 4 rings (SSSR count). The van der Waals surface area contributed by atoms with Crippen molar-refractivity contribution in [3.63, 3.8) is 0 Å². The van der Waals surface area contributed by atoms with Gasteiger partial charge in [0, 0.05) is 11.6 Å². The lowest BCUT2D eigenvalue weighted by Gasteiger charge is -2.25. The smallest absolute Gasteiger partial charge is 0.300 e. The molecule has 32 heavy (non-hydrogen) atoms. The van der Waals surface area contributed by atoms with Gasteiger partial charge in [0.2, 0.25) is 0 Å². The summed E-state index contributed by atoms with van der Waals surface area (Å²) < 4.78 is 42.0. The Morgan fingerprint density at radius 3 is 2.16 bits per heavy atom. The Bertz CT molecular complexity index is 1230. The first-order valence-corrected chi connectivity index (χ1v) is 9.92. The van der Waals surface area contributed by atoms with Crippen LogP contribution in [-0.2, 0) is 16.0 Å². The lowest BCUT2D eigenvalue weighted by Crippen LogP contribution is -2.30. The van der Waals surface area contributed by atoms with Crippen molar-refractivity contribution in [2.75, 3.05) is 4.90 Å². The summed E-state index contributed by atoms with van der Waals surface area (Å²) in [4.78, 5) is 26.7. The third-order valence-corrected chi connectivity index (χ3v) is 5.43. The van der Waals surface area contributed by atoms with Gasteiger partial charge in [-0.25, -0.2) is 13.2 Å². The fourth-order valence-electron chi connectivity index (χ4n) is 3.77. The maximum atomic E-state index is 14.6. The first-order valence-electron chi connectivity index (χ1n) is 9.92. The third kappa shape index (κ3) is 3.66. The molecule has 0 bridgehead atoms. The summed E-state index contributed by atoms with van der Waals surface area (Å²) in [7, 11) is 0. The summed E-state index contributed by atoms with van der Waals surface area (Å²) in [5.41, 5.74) is 0.781. The van der Waals surface area contributed by atoms with Crippen molar-refractivity contribution < 1.29 is 27.9 Å². The molecule has 4 nitrogen and oxygen atoms in total. The van der Waals surface area contributed by atoms with Crippen LogP contribution in [0.2, 0.25) is 0 Å². The Labute approximate surface area is 182 Å². The summed E-state index contributed by atoms with van der Waals surface area (Å²) in [6.45, 7) is 1.96. The first-order chi connectivity index (χ1) is 15.3. The number of benzene rings is 3. The molecule has 0 spiro atoms. The molecule has 1 unspecified atom stereocenters. The number of halogens is 3. The van der Waals surface area contributed by atoms with Crippen molar-refractivity contribution in [3.8, 4) is 0 Å². The molecule has 1 heterocycles. The Morgan fingerprint density at radius 1 is 0.906 bits per heavy atom. The first kappa shape index (κ1) is 21.4. The minimum atomic E-state index is -1.28. The largest absolute Gasteiger partial charge is 0.507 e. The molecule has 1 saturated heterocycles. The zero-order valence-corrected chi connectivity index (χ0v) is 17.0. The van der Waals surface area contributed by atoms with Gasteiger partial charge in [-0.05, 0) is 41.8 Å². The lowest BCUT2D eigenvalue weighted by atomic mass is 9.94. The molecule has 3 aromatic rings. The van der Waals surface area contributed by atoms with E-state index < -0.39 is 46.6 Å². The van der Waals surface area contributed by atoms with Crippen molar-refractivity contribution in [1.82, 2.24) is 0 Å². The van der Waals surface area contributed by atoms with Crippen molar-refractivity contribution in [3.05, 3.63) is 106 Å². The van der Waals surface area contributed by atoms with E-state index in [0.717, 1.165) is 47.2 Å². The second-order valence-corrected chi connectivity index (χ2v) is 7.37. The maximum absolute atomic E-state index is 14.6. The van der Waals surface area contributed by atoms with Crippen LogP contribution in [-0.4, -0.2) is 16.8 Å². The number of ketones is 1. The van der Waals surface area contributed by atoms with Crippen LogP contribution in [0, 0.1) is 17.5 Å². The second kappa shape index (κ2) is 8.34. The number of carbonyl (C=O) groups is 2. The number of hydrogen-bond acceptors (Lipinski definition) is 3. The number of Topliss-reactive ketones (excluding diaryl/α,β-unsaturated/α-hetero) is 1. The molecule has 0 aromatic heterocycles. The topological polar surface area (TPSA) is 57.6 Å². The van der Waals surface area contributed by atoms with E-state index in [0.29, 0.717) is 0 Å². The highest BCUT2D eigenvalue weighted by Crippen LogP contribution is 2.43. The van der Waals surface area contributed by atoms with E-state index in [1.54, 1.807) is 24.3 Å². The van der Waals surface area contributed by atoms with Crippen molar-refractivity contribution >= 4 is 23.1 Å². The van der Waals surface area contributed by atoms with Gasteiger partial charge >= 0.3 is 0 Å². The van der Waals surface area contributed by atoms with Crippen molar-refractivity contribution in [1.29, 1.82) is 0 Å². The van der Waals surface area contributed by atoms with Crippen LogP contribution in [0.4, 0.5) is 18.9 Å². The molecule has 0 radical (unpaired) electrons. The summed E-state index contributed by atoms with van der Waals surface area (Å²) in [5, 5.41) is 11.0. The van der Waals surface area contributed by atoms with Gasteiger partial charge in [-0.15, -0.1) is 0 Å². The SMILES string of the molecule is CCc1ccc(/C(O)=C2\C(=O)C(=O)N(c3cc(F)ccc3F)C2c2ccc(F)cc2)cc1. The number of aliphatic hydroxyl groups is 1. The van der Waals surface area contributed by atoms with Crippen molar-refractivity contribution in [2.45, 2.75) is 19.4 Å². The zero-order valence-electron chi connectivity index (χ0n) is 17.0. The fraction of sp³-hybridized carbons (Fsp3) is 0.120. The van der Waals surface area contributed by atoms with Gasteiger partial charge in [-0.2, -0.15) is 0 Å². The number of anilines is 1. The molecule has 1 fully saturated rings. The number of nitrogens with zero attached hydrogens (tertiary/aromatic N) is 1. The molecule has 0 aliphatic carbocycles. The average Bonchev–Trinajstić information content (AvgIpc) is 3.06. The molecule has 1 amide bonds. The molecule has 1 N–H and O–H groups in total. The molecule has 1 atom stereocenters. The Kier molecular flexibility index (Phi) is 5.57. The molecule has 7 heteroatoms. The van der Waals surface area contributed by atoms with Crippen LogP contribution >= 0.6 is 0 Å². The molecule has 1 aliphatic rings. The van der Waals surface area contributed by atoms with Gasteiger partial charge < -0.3 is 5.11 Å². The summed E-state index contributed by atoms with van der Waals surface area (Å²) >= 11 is 0. The molecular weight excluding hydrogens is 419 g/mol. The highest BCUT2D eigenvalue weighted by molar-refractivity contribution is 6.51. The molecule has 1 aliphatic heterocycles. The molecule has 0 saturated carbocycles. The highest BCUT2D eigenvalue weighted by atomic mass is 19.1. The van der Waals surface area contributed by atoms with Crippen molar-refractivity contribution in [2.24, 2.45) is 0 Å². The number of aryl methyl sites for hydroxylation is 1. The number of aliphatic hydroxyl groups excluding tert-OH is 1. The summed E-state index contributed by atoms with van der Waals surface area (Å²) in [6.07, 6.45) is 0.764. The van der Waals surface area contributed by atoms with Gasteiger partial charge in [0.25, 0.3) is 11.7 Å². The molecule has 162 valence electrons. The van der Waals surface area contributed by atoms with E-state index >= 15 is 0 Å². The Balaban J connectivity index is 1.95. The van der Waals surface area contributed by atoms with E-state index in [1.807, 2.05) is 6.92 Å². The lowest BCUT2D eigenvalue weighted by molar-refractivity contribution is -0.132. The van der Waals surface area contributed by atoms with Gasteiger partial charge in [0.1, 0.15) is 23.2 Å². The molecule has 3 aromatic carbocycles. The van der Waals surface area contributed by atoms with E-state index in [-0.39, 0.29) is 16.7 Å². The normalized spacial score (nSPS) is 17.8. The number of amides is 1. The van der Waals surface area contributed by atoms with E-state index in [1.165, 1.54) is 12.1 Å². The monoisotopic (exact) mass is 437 g/mol. The standard InChI is InChI=1S/C25H18F3NO3/c1-2-14-3-5-16(6-4-14)23(30)21-22(15-7-9-17(26)10-8-15)29(25(32)24(21)31)20-13-18(27)11-12-19(20)28/h3-13,22,30H,2H2,1H3/b23-21+. The predicted molar refractivity (Wildman–Crippen MR) is 113 cm³/mol. The highest BCUT2D eigenvalue weighted by Gasteiger charge is 2.47. The van der Waals surface area contributed by atoms with Gasteiger partial charge in [-0.1, -0.05) is 43.3 Å². The van der Waals surface area contributed by atoms with E-state index in [9.17, 15) is 27.9 Å². The third-order valence-electron chi connectivity index (χ3n) is 5.43. The summed E-state index contributed by atoms with van der Waals surface area (Å²) in [5.74, 6) is -4.93. The molecular formula is C25H18F3NO3. The van der Waals surface area contributed by atoms with Crippen LogP contribution < -0.4 is 4.90 Å². The van der Waals surface area contributed by atoms with E-state index in [2.05, 4.69) is 0 Å². The fourth-order valence-corrected chi connectivity index (χ4v) is 3.77. The maximum Gasteiger partial charge on any atom is 0.300 e. The number of carbonyl (C=O) groups excluding carboxylic acids is 2. The number of rotatable bonds is 4. The van der Waals surface area contributed by atoms with E-state index in [4.69, 9.17) is 0 Å². The van der Waals surface area contributed by atoms with Crippen LogP contribution in [0.15, 0.2) is 72.3 Å². The van der Waals surface area contributed by atoms with Gasteiger partial charge in [0.15, 0.2) is 0 Å². The summed E-state index contributed by atoms with van der Waals surface area (Å²) in [6, 6.07) is 12.9. The average molecular weight is 437 g/mol. The van der Waals surface area contributed by atoms with Gasteiger partial charge in [0.05, 0.1) is 17.3 Å². The second-order valence-electron chi connectivity index (χ2n) is 7.37. The van der Waals surface area contributed by atoms with Crippen LogP contribution in [0.3, 0.4) is 0 Å². The zero-order chi connectivity index (χ0) is 23.0. The quantitative estimate of drug-likeness (QED) is 0.343. The number of hydrogen-bond donors (Lipinski definition) is 1. The predicted octanol–water partition coefficient (Wildman–Crippen LogP) is 5.29.